The molecule has 230 valence electrons. The van der Waals surface area contributed by atoms with E-state index in [1.54, 1.807) is 0 Å². The van der Waals surface area contributed by atoms with Gasteiger partial charge in [0.2, 0.25) is 0 Å². The number of carbonyl (C=O) groups excluding carboxylic acids is 1. The van der Waals surface area contributed by atoms with E-state index in [1.807, 2.05) is 0 Å². The zero-order valence-corrected chi connectivity index (χ0v) is 22.1. The van der Waals surface area contributed by atoms with Crippen LogP contribution in [-0.2, 0) is 44.5 Å². The number of methoxy groups -OCH3 is 2. The molecule has 1 aromatic carbocycles. The third-order valence-corrected chi connectivity index (χ3v) is 6.86. The maximum Gasteiger partial charge on any atom is 0.335 e. The monoisotopic (exact) mass is 591 g/mol. The predicted octanol–water partition coefficient (Wildman–Crippen LogP) is -3.38. The second kappa shape index (κ2) is 12.8. The number of aliphatic carboxylic acids is 2. The van der Waals surface area contributed by atoms with E-state index in [2.05, 4.69) is 5.32 Å². The molecular weight excluding hydrogens is 558 g/mol. The van der Waals surface area contributed by atoms with E-state index in [1.165, 1.54) is 6.07 Å². The molecule has 0 aromatic heterocycles. The SMILES string of the molecule is COC1C(C(=O)O)OC(OC2C(O)C(O)[C@H](OC)O[C@H]2C(=O)NC(C)(Cc2ccc(O)c(O)c2)C(=O)O)C(O)C1O. The van der Waals surface area contributed by atoms with E-state index in [-0.39, 0.29) is 5.56 Å². The molecule has 2 fully saturated rings. The molecule has 41 heavy (non-hydrogen) atoms. The van der Waals surface area contributed by atoms with Crippen LogP contribution in [0.4, 0.5) is 0 Å². The van der Waals surface area contributed by atoms with Crippen molar-refractivity contribution in [2.45, 2.75) is 80.3 Å². The molecule has 9 unspecified atom stereocenters. The Kier molecular flexibility index (Phi) is 10.1. The van der Waals surface area contributed by atoms with Crippen LogP contribution in [0.1, 0.15) is 12.5 Å². The highest BCUT2D eigenvalue weighted by molar-refractivity contribution is 5.89. The highest BCUT2D eigenvalue weighted by Gasteiger charge is 2.54. The Hall–Kier alpha value is -3.13. The summed E-state index contributed by atoms with van der Waals surface area (Å²) in [5.74, 6) is -5.31. The zero-order valence-electron chi connectivity index (χ0n) is 22.1. The lowest BCUT2D eigenvalue weighted by Gasteiger charge is -2.46. The molecule has 1 amide bonds. The number of aliphatic hydroxyl groups is 4. The van der Waals surface area contributed by atoms with Crippen molar-refractivity contribution in [1.82, 2.24) is 5.32 Å². The molecule has 2 saturated heterocycles. The van der Waals surface area contributed by atoms with Gasteiger partial charge >= 0.3 is 11.9 Å². The normalized spacial score (nSPS) is 35.3. The van der Waals surface area contributed by atoms with E-state index in [0.29, 0.717) is 0 Å². The van der Waals surface area contributed by atoms with Crippen LogP contribution in [0.15, 0.2) is 18.2 Å². The van der Waals surface area contributed by atoms with Gasteiger partial charge in [-0.05, 0) is 24.6 Å². The number of rotatable bonds is 10. The molecule has 11 atom stereocenters. The first-order valence-corrected chi connectivity index (χ1v) is 12.2. The Morgan fingerprint density at radius 3 is 1.98 bits per heavy atom. The Labute approximate surface area is 232 Å². The number of hydrogen-bond donors (Lipinski definition) is 9. The molecule has 0 bridgehead atoms. The smallest absolute Gasteiger partial charge is 0.335 e. The molecule has 0 saturated carbocycles. The van der Waals surface area contributed by atoms with E-state index < -0.39 is 103 Å². The van der Waals surface area contributed by atoms with Gasteiger partial charge in [0.15, 0.2) is 36.3 Å². The van der Waals surface area contributed by atoms with Crippen molar-refractivity contribution in [3.63, 3.8) is 0 Å². The van der Waals surface area contributed by atoms with Crippen LogP contribution in [0.3, 0.4) is 0 Å². The minimum absolute atomic E-state index is 0.202. The Bertz CT molecular complexity index is 1120. The number of phenolic OH excluding ortho intramolecular Hbond substituents is 2. The molecule has 0 spiro atoms. The third-order valence-electron chi connectivity index (χ3n) is 6.86. The van der Waals surface area contributed by atoms with Gasteiger partial charge in [-0.2, -0.15) is 0 Å². The van der Waals surface area contributed by atoms with Crippen molar-refractivity contribution in [3.8, 4) is 11.5 Å². The minimum Gasteiger partial charge on any atom is -0.504 e. The summed E-state index contributed by atoms with van der Waals surface area (Å²) in [6.45, 7) is 1.13. The summed E-state index contributed by atoms with van der Waals surface area (Å²) >= 11 is 0. The van der Waals surface area contributed by atoms with Crippen LogP contribution in [0.2, 0.25) is 0 Å². The average molecular weight is 592 g/mol. The molecule has 0 radical (unpaired) electrons. The van der Waals surface area contributed by atoms with Gasteiger partial charge in [0.1, 0.15) is 42.2 Å². The first kappa shape index (κ1) is 32.4. The van der Waals surface area contributed by atoms with Crippen LogP contribution in [0.25, 0.3) is 0 Å². The van der Waals surface area contributed by atoms with Crippen molar-refractivity contribution in [3.05, 3.63) is 23.8 Å². The average Bonchev–Trinajstić information content (AvgIpc) is 2.91. The second-order valence-electron chi connectivity index (χ2n) is 9.81. The summed E-state index contributed by atoms with van der Waals surface area (Å²) in [6.07, 6.45) is -18.9. The molecule has 0 aliphatic carbocycles. The van der Waals surface area contributed by atoms with Crippen LogP contribution in [0, 0.1) is 0 Å². The highest BCUT2D eigenvalue weighted by atomic mass is 16.7. The van der Waals surface area contributed by atoms with Crippen LogP contribution >= 0.6 is 0 Å². The maximum absolute atomic E-state index is 13.4. The topological polar surface area (TPSA) is 271 Å². The van der Waals surface area contributed by atoms with Crippen molar-refractivity contribution in [2.75, 3.05) is 14.2 Å². The third kappa shape index (κ3) is 6.69. The lowest BCUT2D eigenvalue weighted by Crippen LogP contribution is -2.68. The summed E-state index contributed by atoms with van der Waals surface area (Å²) in [7, 11) is 2.16. The number of amides is 1. The largest absolute Gasteiger partial charge is 0.504 e. The van der Waals surface area contributed by atoms with E-state index >= 15 is 0 Å². The number of benzene rings is 1. The molecule has 2 aliphatic rings. The molecule has 17 nitrogen and oxygen atoms in total. The maximum atomic E-state index is 13.4. The number of phenols is 2. The second-order valence-corrected chi connectivity index (χ2v) is 9.81. The first-order valence-electron chi connectivity index (χ1n) is 12.2. The van der Waals surface area contributed by atoms with Crippen molar-refractivity contribution in [1.29, 1.82) is 0 Å². The fourth-order valence-corrected chi connectivity index (χ4v) is 4.56. The van der Waals surface area contributed by atoms with Crippen molar-refractivity contribution in [2.24, 2.45) is 0 Å². The Morgan fingerprint density at radius 2 is 1.44 bits per heavy atom. The predicted molar refractivity (Wildman–Crippen MR) is 129 cm³/mol. The van der Waals surface area contributed by atoms with E-state index in [0.717, 1.165) is 33.3 Å². The summed E-state index contributed by atoms with van der Waals surface area (Å²) in [4.78, 5) is 37.3. The quantitative estimate of drug-likeness (QED) is 0.120. The molecule has 2 aliphatic heterocycles. The minimum atomic E-state index is -2.07. The van der Waals surface area contributed by atoms with Gasteiger partial charge in [0, 0.05) is 20.6 Å². The molecule has 9 N–H and O–H groups in total. The highest BCUT2D eigenvalue weighted by Crippen LogP contribution is 2.31. The Balaban J connectivity index is 1.90. The number of aliphatic hydroxyl groups excluding tert-OH is 4. The standard InChI is InChI=1S/C24H33NO16/c1-24(23(35)36,7-8-4-5-9(26)10(27)6-8)25-19(32)17-16(12(29)13(30)21(38-3)40-17)39-22-14(31)11(28)15(37-2)18(41-22)20(33)34/h4-6,11-18,21-22,26-31H,7H2,1-3H3,(H,25,32)(H,33,34)(H,35,36)/t11?,12?,13?,14?,15?,16?,17-,18?,21-,22?,24?/m1/s1. The van der Waals surface area contributed by atoms with Gasteiger partial charge in [-0.3, -0.25) is 4.79 Å². The van der Waals surface area contributed by atoms with Gasteiger partial charge in [0.25, 0.3) is 5.91 Å². The summed E-state index contributed by atoms with van der Waals surface area (Å²) in [5.41, 5.74) is -1.87. The van der Waals surface area contributed by atoms with Gasteiger partial charge in [-0.1, -0.05) is 6.07 Å². The van der Waals surface area contributed by atoms with Crippen LogP contribution in [0.5, 0.6) is 11.5 Å². The molecular formula is C24H33NO16. The van der Waals surface area contributed by atoms with Crippen molar-refractivity contribution < 1.29 is 78.9 Å². The Morgan fingerprint density at radius 1 is 0.854 bits per heavy atom. The van der Waals surface area contributed by atoms with Gasteiger partial charge in [-0.25, -0.2) is 9.59 Å². The zero-order chi connectivity index (χ0) is 30.8. The van der Waals surface area contributed by atoms with Gasteiger partial charge in [0.05, 0.1) is 0 Å². The van der Waals surface area contributed by atoms with Crippen LogP contribution in [-0.4, -0.2) is 140 Å². The van der Waals surface area contributed by atoms with E-state index in [9.17, 15) is 55.2 Å². The molecule has 1 aromatic rings. The summed E-state index contributed by atoms with van der Waals surface area (Å²) in [6, 6.07) is 3.52. The number of hydrogen-bond acceptors (Lipinski definition) is 14. The van der Waals surface area contributed by atoms with Gasteiger partial charge in [-0.15, -0.1) is 0 Å². The number of ether oxygens (including phenoxy) is 5. The number of aromatic hydroxyl groups is 2. The summed E-state index contributed by atoms with van der Waals surface area (Å²) in [5, 5.41) is 83.0. The molecule has 17 heteroatoms. The van der Waals surface area contributed by atoms with Gasteiger partial charge < -0.3 is 69.9 Å². The fraction of sp³-hybridized carbons (Fsp3) is 0.625. The lowest BCUT2D eigenvalue weighted by molar-refractivity contribution is -0.348. The molecule has 3 rings (SSSR count). The lowest BCUT2D eigenvalue weighted by atomic mass is 9.91. The van der Waals surface area contributed by atoms with E-state index in [4.69, 9.17) is 23.7 Å². The number of nitrogens with one attached hydrogen (secondary N) is 1. The fourth-order valence-electron chi connectivity index (χ4n) is 4.56. The molecule has 2 heterocycles. The number of carboxylic acid groups (broad SMARTS) is 2. The number of carbonyl (C=O) groups is 3. The van der Waals surface area contributed by atoms with Crippen molar-refractivity contribution >= 4 is 17.8 Å². The number of carboxylic acids is 2. The first-order chi connectivity index (χ1) is 19.1. The summed E-state index contributed by atoms with van der Waals surface area (Å²) < 4.78 is 26.0. The van der Waals surface area contributed by atoms with Crippen LogP contribution < -0.4 is 5.32 Å².